The predicted molar refractivity (Wildman–Crippen MR) is 53.2 cm³/mol. The van der Waals surface area contributed by atoms with Crippen LogP contribution in [0.25, 0.3) is 0 Å². The van der Waals surface area contributed by atoms with Crippen molar-refractivity contribution in [1.29, 1.82) is 0 Å². The summed E-state index contributed by atoms with van der Waals surface area (Å²) in [5.41, 5.74) is -0.0833. The maximum Gasteiger partial charge on any atom is 2.00 e. The third-order valence-corrected chi connectivity index (χ3v) is 0.750. The Kier molecular flexibility index (Phi) is 10.0. The molecule has 0 aliphatic rings. The van der Waals surface area contributed by atoms with Crippen molar-refractivity contribution in [2.75, 3.05) is 0 Å². The van der Waals surface area contributed by atoms with Crippen LogP contribution in [0.2, 0.25) is 0 Å². The van der Waals surface area contributed by atoms with Crippen molar-refractivity contribution >= 4 is 0 Å². The first kappa shape index (κ1) is 18.4. The third kappa shape index (κ3) is 34.0. The minimum Gasteiger partial charge on any atom is -0.693 e. The molecular weight excluding hydrogens is 200 g/mol. The van der Waals surface area contributed by atoms with Gasteiger partial charge in [0.2, 0.25) is 0 Å². The Hall–Kier alpha value is -0.361. The molecule has 13 heavy (non-hydrogen) atoms. The molecule has 0 bridgehead atoms. The summed E-state index contributed by atoms with van der Waals surface area (Å²) in [4.78, 5) is 0. The molecule has 0 heterocycles. The number of rotatable bonds is 0. The SMILES string of the molecule is [C-]#CC(C)(C)C.[C-]#CC(C)(C)C.[Fe+2]. The van der Waals surface area contributed by atoms with E-state index in [0.717, 1.165) is 0 Å². The summed E-state index contributed by atoms with van der Waals surface area (Å²) < 4.78 is 0. The maximum absolute atomic E-state index is 6.60. The summed E-state index contributed by atoms with van der Waals surface area (Å²) in [7, 11) is 0. The fourth-order valence-electron chi connectivity index (χ4n) is 0. The summed E-state index contributed by atoms with van der Waals surface area (Å²) >= 11 is 0. The summed E-state index contributed by atoms with van der Waals surface area (Å²) in [6, 6.07) is 0. The van der Waals surface area contributed by atoms with Crippen LogP contribution in [0.4, 0.5) is 0 Å². The largest absolute Gasteiger partial charge is 2.00 e. The van der Waals surface area contributed by atoms with E-state index in [4.69, 9.17) is 12.8 Å². The van der Waals surface area contributed by atoms with Gasteiger partial charge in [0.15, 0.2) is 0 Å². The van der Waals surface area contributed by atoms with E-state index >= 15 is 0 Å². The van der Waals surface area contributed by atoms with Crippen molar-refractivity contribution in [3.05, 3.63) is 12.8 Å². The first-order valence-corrected chi connectivity index (χ1v) is 4.00. The van der Waals surface area contributed by atoms with Gasteiger partial charge in [-0.25, -0.2) is 0 Å². The third-order valence-electron chi connectivity index (χ3n) is 0.750. The van der Waals surface area contributed by atoms with Gasteiger partial charge in [0.25, 0.3) is 0 Å². The molecule has 0 unspecified atom stereocenters. The summed E-state index contributed by atoms with van der Waals surface area (Å²) in [6.07, 6.45) is 13.2. The van der Waals surface area contributed by atoms with Crippen LogP contribution in [0.5, 0.6) is 0 Å². The summed E-state index contributed by atoms with van der Waals surface area (Å²) in [5.74, 6) is 4.71. The van der Waals surface area contributed by atoms with Crippen molar-refractivity contribution in [2.24, 2.45) is 10.8 Å². The van der Waals surface area contributed by atoms with Crippen LogP contribution in [0.1, 0.15) is 41.5 Å². The zero-order chi connectivity index (χ0) is 10.4. The molecule has 0 aromatic heterocycles. The number of hydrogen-bond acceptors (Lipinski definition) is 0. The topological polar surface area (TPSA) is 0 Å². The summed E-state index contributed by atoms with van der Waals surface area (Å²) in [6.45, 7) is 11.7. The van der Waals surface area contributed by atoms with Crippen molar-refractivity contribution in [3.63, 3.8) is 0 Å². The molecule has 0 aromatic rings. The fourth-order valence-corrected chi connectivity index (χ4v) is 0. The minimum atomic E-state index is -0.0417. The first-order chi connectivity index (χ1) is 5.12. The summed E-state index contributed by atoms with van der Waals surface area (Å²) in [5, 5.41) is 0. The molecule has 0 amide bonds. The molecule has 0 spiro atoms. The molecule has 0 aliphatic heterocycles. The standard InChI is InChI=1S/2C6H9.Fe/c2*1-5-6(2,3)4;/h2*2-4H3;/q2*-1;+2. The molecular formula is C12H18Fe. The fraction of sp³-hybridized carbons (Fsp3) is 0.667. The maximum atomic E-state index is 6.60. The van der Waals surface area contributed by atoms with E-state index in [-0.39, 0.29) is 27.9 Å². The Balaban J connectivity index is -0.000000143. The Morgan fingerprint density at radius 1 is 0.692 bits per heavy atom. The van der Waals surface area contributed by atoms with E-state index in [1.807, 2.05) is 41.5 Å². The molecule has 0 rings (SSSR count). The minimum absolute atomic E-state index is 0. The van der Waals surface area contributed by atoms with Gasteiger partial charge in [-0.2, -0.15) is 0 Å². The van der Waals surface area contributed by atoms with Crippen LogP contribution in [0, 0.1) is 35.5 Å². The van der Waals surface area contributed by atoms with Gasteiger partial charge < -0.3 is 24.7 Å². The smallest absolute Gasteiger partial charge is 0.693 e. The van der Waals surface area contributed by atoms with Gasteiger partial charge in [-0.15, -0.1) is 0 Å². The molecule has 1 heteroatoms. The van der Waals surface area contributed by atoms with Gasteiger partial charge in [0.1, 0.15) is 0 Å². The van der Waals surface area contributed by atoms with E-state index < -0.39 is 0 Å². The monoisotopic (exact) mass is 218 g/mol. The average Bonchev–Trinajstić information content (AvgIpc) is 1.86. The van der Waals surface area contributed by atoms with Crippen LogP contribution < -0.4 is 0 Å². The van der Waals surface area contributed by atoms with E-state index in [2.05, 4.69) is 11.8 Å². The number of hydrogen-bond donors (Lipinski definition) is 0. The second kappa shape index (κ2) is 7.08. The van der Waals surface area contributed by atoms with Gasteiger partial charge in [0.05, 0.1) is 0 Å². The van der Waals surface area contributed by atoms with Crippen LogP contribution in [0.15, 0.2) is 0 Å². The Morgan fingerprint density at radius 3 is 0.769 bits per heavy atom. The van der Waals surface area contributed by atoms with Gasteiger partial charge in [-0.1, -0.05) is 41.5 Å². The first-order valence-electron chi connectivity index (χ1n) is 4.00. The van der Waals surface area contributed by atoms with Crippen molar-refractivity contribution in [3.8, 4) is 11.8 Å². The second-order valence-corrected chi connectivity index (χ2v) is 4.75. The quantitative estimate of drug-likeness (QED) is 0.332. The molecule has 0 nitrogen and oxygen atoms in total. The van der Waals surface area contributed by atoms with Crippen molar-refractivity contribution < 1.29 is 17.1 Å². The van der Waals surface area contributed by atoms with E-state index in [0.29, 0.717) is 0 Å². The molecule has 0 saturated heterocycles. The van der Waals surface area contributed by atoms with Gasteiger partial charge >= 0.3 is 17.1 Å². The Bertz CT molecular complexity index is 163. The predicted octanol–water partition coefficient (Wildman–Crippen LogP) is 3.24. The zero-order valence-electron chi connectivity index (χ0n) is 9.35. The molecule has 0 atom stereocenters. The molecule has 0 aliphatic carbocycles. The van der Waals surface area contributed by atoms with Crippen molar-refractivity contribution in [1.82, 2.24) is 0 Å². The molecule has 0 aromatic carbocycles. The van der Waals surface area contributed by atoms with Gasteiger partial charge in [-0.3, -0.25) is 0 Å². The van der Waals surface area contributed by atoms with E-state index in [1.165, 1.54) is 0 Å². The Morgan fingerprint density at radius 2 is 0.769 bits per heavy atom. The van der Waals surface area contributed by atoms with Crippen LogP contribution >= 0.6 is 0 Å². The molecule has 0 saturated carbocycles. The normalized spacial score (nSPS) is 9.54. The van der Waals surface area contributed by atoms with Crippen LogP contribution in [0.3, 0.4) is 0 Å². The average molecular weight is 218 g/mol. The molecule has 0 radical (unpaired) electrons. The molecule has 0 N–H and O–H groups in total. The molecule has 74 valence electrons. The van der Waals surface area contributed by atoms with Crippen LogP contribution in [-0.2, 0) is 17.1 Å². The molecule has 0 fully saturated rings. The van der Waals surface area contributed by atoms with E-state index in [9.17, 15) is 0 Å². The Labute approximate surface area is 94.4 Å². The van der Waals surface area contributed by atoms with Gasteiger partial charge in [-0.05, 0) is 10.8 Å². The zero-order valence-corrected chi connectivity index (χ0v) is 10.5. The van der Waals surface area contributed by atoms with E-state index in [1.54, 1.807) is 0 Å². The van der Waals surface area contributed by atoms with Gasteiger partial charge in [0, 0.05) is 0 Å². The second-order valence-electron chi connectivity index (χ2n) is 4.75. The van der Waals surface area contributed by atoms with Crippen molar-refractivity contribution in [2.45, 2.75) is 41.5 Å². The van der Waals surface area contributed by atoms with Crippen LogP contribution in [-0.4, -0.2) is 0 Å².